The minimum absolute atomic E-state index is 0.0789. The summed E-state index contributed by atoms with van der Waals surface area (Å²) in [5.41, 5.74) is 0.708. The second-order valence-electron chi connectivity index (χ2n) is 4.72. The van der Waals surface area contributed by atoms with Crippen LogP contribution < -0.4 is 5.32 Å². The van der Waals surface area contributed by atoms with Gasteiger partial charge < -0.3 is 15.3 Å². The SMILES string of the molecule is N#C/C(=C/Nc1cccc(O)c1)C(=O)N1CCCCC1. The molecule has 1 heterocycles. The van der Waals surface area contributed by atoms with E-state index >= 15 is 0 Å². The van der Waals surface area contributed by atoms with Gasteiger partial charge in [0.1, 0.15) is 17.4 Å². The average Bonchev–Trinajstić information content (AvgIpc) is 2.48. The summed E-state index contributed by atoms with van der Waals surface area (Å²) in [6.07, 6.45) is 4.51. The fourth-order valence-electron chi connectivity index (χ4n) is 2.16. The number of nitriles is 1. The molecule has 0 atom stereocenters. The molecule has 1 aliphatic rings. The normalized spacial score (nSPS) is 15.6. The number of hydrogen-bond acceptors (Lipinski definition) is 4. The Hall–Kier alpha value is -2.48. The summed E-state index contributed by atoms with van der Waals surface area (Å²) < 4.78 is 0. The quantitative estimate of drug-likeness (QED) is 0.653. The molecular formula is C15H17N3O2. The topological polar surface area (TPSA) is 76.4 Å². The molecule has 1 aliphatic heterocycles. The standard InChI is InChI=1S/C15H17N3O2/c16-10-12(15(20)18-7-2-1-3-8-18)11-17-13-5-4-6-14(19)9-13/h4-6,9,11,17,19H,1-3,7-8H2/b12-11-. The fraction of sp³-hybridized carbons (Fsp3) is 0.333. The van der Waals surface area contributed by atoms with Crippen LogP contribution in [0.2, 0.25) is 0 Å². The highest BCUT2D eigenvalue weighted by Crippen LogP contribution is 2.16. The third kappa shape index (κ3) is 3.51. The van der Waals surface area contributed by atoms with Crippen LogP contribution in [0, 0.1) is 11.3 Å². The Morgan fingerprint density at radius 1 is 1.35 bits per heavy atom. The highest BCUT2D eigenvalue weighted by Gasteiger charge is 2.19. The van der Waals surface area contributed by atoms with Gasteiger partial charge in [0.05, 0.1) is 0 Å². The molecule has 0 aromatic heterocycles. The predicted octanol–water partition coefficient (Wildman–Crippen LogP) is 2.22. The molecule has 1 fully saturated rings. The van der Waals surface area contributed by atoms with Gasteiger partial charge in [0.25, 0.3) is 5.91 Å². The van der Waals surface area contributed by atoms with Crippen LogP contribution in [0.15, 0.2) is 36.0 Å². The molecule has 0 unspecified atom stereocenters. The van der Waals surface area contributed by atoms with Crippen molar-refractivity contribution in [2.45, 2.75) is 19.3 Å². The molecule has 5 heteroatoms. The number of nitrogens with one attached hydrogen (secondary N) is 1. The van der Waals surface area contributed by atoms with E-state index < -0.39 is 0 Å². The van der Waals surface area contributed by atoms with Crippen molar-refractivity contribution in [1.82, 2.24) is 4.90 Å². The molecule has 2 N–H and O–H groups in total. The highest BCUT2D eigenvalue weighted by atomic mass is 16.3. The smallest absolute Gasteiger partial charge is 0.266 e. The van der Waals surface area contributed by atoms with Gasteiger partial charge in [-0.3, -0.25) is 4.79 Å². The van der Waals surface area contributed by atoms with E-state index in [4.69, 9.17) is 5.26 Å². The van der Waals surface area contributed by atoms with Crippen LogP contribution in [-0.2, 0) is 4.79 Å². The summed E-state index contributed by atoms with van der Waals surface area (Å²) in [4.78, 5) is 13.9. The first-order chi connectivity index (χ1) is 9.70. The number of phenolic OH excluding ortho intramolecular Hbond substituents is 1. The van der Waals surface area contributed by atoms with Gasteiger partial charge >= 0.3 is 0 Å². The van der Waals surface area contributed by atoms with Gasteiger partial charge in [0.15, 0.2) is 0 Å². The van der Waals surface area contributed by atoms with Crippen molar-refractivity contribution in [2.75, 3.05) is 18.4 Å². The maximum absolute atomic E-state index is 12.2. The van der Waals surface area contributed by atoms with E-state index in [0.717, 1.165) is 19.3 Å². The molecule has 0 saturated carbocycles. The number of piperidine rings is 1. The number of benzene rings is 1. The molecule has 1 aromatic carbocycles. The van der Waals surface area contributed by atoms with Gasteiger partial charge in [0, 0.05) is 31.0 Å². The molecule has 2 rings (SSSR count). The monoisotopic (exact) mass is 271 g/mol. The zero-order valence-corrected chi connectivity index (χ0v) is 11.2. The lowest BCUT2D eigenvalue weighted by Gasteiger charge is -2.26. The van der Waals surface area contributed by atoms with Crippen LogP contribution in [0.5, 0.6) is 5.75 Å². The van der Waals surface area contributed by atoms with E-state index in [1.165, 1.54) is 12.3 Å². The number of anilines is 1. The van der Waals surface area contributed by atoms with Gasteiger partial charge in [-0.15, -0.1) is 0 Å². The number of carbonyl (C=O) groups excluding carboxylic acids is 1. The summed E-state index contributed by atoms with van der Waals surface area (Å²) in [5.74, 6) is -0.107. The number of hydrogen-bond donors (Lipinski definition) is 2. The van der Waals surface area contributed by atoms with E-state index in [-0.39, 0.29) is 17.2 Å². The number of rotatable bonds is 3. The van der Waals surface area contributed by atoms with Crippen LogP contribution in [0.4, 0.5) is 5.69 Å². The predicted molar refractivity (Wildman–Crippen MR) is 75.9 cm³/mol. The van der Waals surface area contributed by atoms with Gasteiger partial charge in [-0.2, -0.15) is 5.26 Å². The Balaban J connectivity index is 2.05. The number of likely N-dealkylation sites (tertiary alicyclic amines) is 1. The number of phenols is 1. The Morgan fingerprint density at radius 2 is 2.10 bits per heavy atom. The van der Waals surface area contributed by atoms with E-state index in [0.29, 0.717) is 18.8 Å². The molecular weight excluding hydrogens is 254 g/mol. The Morgan fingerprint density at radius 3 is 2.75 bits per heavy atom. The molecule has 0 aliphatic carbocycles. The minimum Gasteiger partial charge on any atom is -0.508 e. The van der Waals surface area contributed by atoms with Crippen LogP contribution in [-0.4, -0.2) is 29.0 Å². The lowest BCUT2D eigenvalue weighted by atomic mass is 10.1. The minimum atomic E-state index is -0.236. The maximum Gasteiger partial charge on any atom is 0.266 e. The lowest BCUT2D eigenvalue weighted by Crippen LogP contribution is -2.36. The summed E-state index contributed by atoms with van der Waals surface area (Å²) in [7, 11) is 0. The molecule has 1 saturated heterocycles. The molecule has 5 nitrogen and oxygen atoms in total. The zero-order valence-electron chi connectivity index (χ0n) is 11.2. The van der Waals surface area contributed by atoms with E-state index in [2.05, 4.69) is 5.32 Å². The third-order valence-corrected chi connectivity index (χ3v) is 3.22. The number of amides is 1. The zero-order chi connectivity index (χ0) is 14.4. The van der Waals surface area contributed by atoms with Gasteiger partial charge in [-0.05, 0) is 31.4 Å². The summed E-state index contributed by atoms with van der Waals surface area (Å²) in [6.45, 7) is 1.42. The molecule has 0 bridgehead atoms. The van der Waals surface area contributed by atoms with Crippen molar-refractivity contribution < 1.29 is 9.90 Å². The summed E-state index contributed by atoms with van der Waals surface area (Å²) >= 11 is 0. The largest absolute Gasteiger partial charge is 0.508 e. The van der Waals surface area contributed by atoms with Crippen molar-refractivity contribution in [3.05, 3.63) is 36.0 Å². The molecule has 0 spiro atoms. The van der Waals surface area contributed by atoms with Crippen molar-refractivity contribution in [3.8, 4) is 11.8 Å². The van der Waals surface area contributed by atoms with Crippen molar-refractivity contribution >= 4 is 11.6 Å². The van der Waals surface area contributed by atoms with Crippen LogP contribution in [0.25, 0.3) is 0 Å². The van der Waals surface area contributed by atoms with Gasteiger partial charge in [-0.1, -0.05) is 6.07 Å². The average molecular weight is 271 g/mol. The molecule has 1 aromatic rings. The Labute approximate surface area is 118 Å². The number of nitrogens with zero attached hydrogens (tertiary/aromatic N) is 2. The molecule has 1 amide bonds. The maximum atomic E-state index is 12.2. The number of carbonyl (C=O) groups is 1. The second-order valence-corrected chi connectivity index (χ2v) is 4.72. The third-order valence-electron chi connectivity index (χ3n) is 3.22. The Kier molecular flexibility index (Phi) is 4.61. The van der Waals surface area contributed by atoms with Crippen LogP contribution in [0.3, 0.4) is 0 Å². The van der Waals surface area contributed by atoms with Gasteiger partial charge in [-0.25, -0.2) is 0 Å². The van der Waals surface area contributed by atoms with Crippen LogP contribution >= 0.6 is 0 Å². The Bertz CT molecular complexity index is 554. The first-order valence-corrected chi connectivity index (χ1v) is 6.66. The molecule has 0 radical (unpaired) electrons. The van der Waals surface area contributed by atoms with Crippen molar-refractivity contribution in [3.63, 3.8) is 0 Å². The summed E-state index contributed by atoms with van der Waals surface area (Å²) in [5, 5.41) is 21.3. The number of aromatic hydroxyl groups is 1. The van der Waals surface area contributed by atoms with Gasteiger partial charge in [0.2, 0.25) is 0 Å². The summed E-state index contributed by atoms with van der Waals surface area (Å²) in [6, 6.07) is 8.44. The molecule has 104 valence electrons. The van der Waals surface area contributed by atoms with E-state index in [9.17, 15) is 9.90 Å². The van der Waals surface area contributed by atoms with Crippen LogP contribution in [0.1, 0.15) is 19.3 Å². The first kappa shape index (κ1) is 13.9. The van der Waals surface area contributed by atoms with Crippen molar-refractivity contribution in [1.29, 1.82) is 5.26 Å². The molecule has 20 heavy (non-hydrogen) atoms. The second kappa shape index (κ2) is 6.62. The van der Waals surface area contributed by atoms with E-state index in [1.54, 1.807) is 23.1 Å². The first-order valence-electron chi connectivity index (χ1n) is 6.66. The highest BCUT2D eigenvalue weighted by molar-refractivity contribution is 5.97. The van der Waals surface area contributed by atoms with E-state index in [1.807, 2.05) is 6.07 Å². The van der Waals surface area contributed by atoms with Crippen molar-refractivity contribution in [2.24, 2.45) is 0 Å². The lowest BCUT2D eigenvalue weighted by molar-refractivity contribution is -0.127. The fourth-order valence-corrected chi connectivity index (χ4v) is 2.16.